The smallest absolute Gasteiger partial charge is 0.336 e. The van der Waals surface area contributed by atoms with Gasteiger partial charge in [-0.2, -0.15) is 13.2 Å². The summed E-state index contributed by atoms with van der Waals surface area (Å²) in [6.45, 7) is -0.715. The minimum Gasteiger partial charge on any atom is -0.336 e. The third kappa shape index (κ3) is 5.36. The van der Waals surface area contributed by atoms with Gasteiger partial charge in [0.2, 0.25) is 11.8 Å². The highest BCUT2D eigenvalue weighted by molar-refractivity contribution is 5.89. The molecule has 0 spiro atoms. The Bertz CT molecular complexity index is 851. The lowest BCUT2D eigenvalue weighted by atomic mass is 10.1. The fourth-order valence-corrected chi connectivity index (χ4v) is 3.57. The molecule has 0 radical (unpaired) electrons. The number of amides is 2. The first-order valence-electron chi connectivity index (χ1n) is 9.40. The Morgan fingerprint density at radius 1 is 1.24 bits per heavy atom. The number of aromatic nitrogens is 2. The van der Waals surface area contributed by atoms with Gasteiger partial charge in [0.05, 0.1) is 13.0 Å². The number of halogens is 3. The zero-order valence-corrected chi connectivity index (χ0v) is 16.1. The van der Waals surface area contributed by atoms with Gasteiger partial charge in [-0.3, -0.25) is 9.59 Å². The van der Waals surface area contributed by atoms with Crippen LogP contribution in [0.5, 0.6) is 0 Å². The van der Waals surface area contributed by atoms with E-state index in [0.29, 0.717) is 19.4 Å². The van der Waals surface area contributed by atoms with E-state index in [9.17, 15) is 22.8 Å². The zero-order valence-electron chi connectivity index (χ0n) is 16.1. The van der Waals surface area contributed by atoms with Gasteiger partial charge in [0.15, 0.2) is 0 Å². The number of carbonyl (C=O) groups is 2. The van der Waals surface area contributed by atoms with Crippen molar-refractivity contribution in [3.63, 3.8) is 0 Å². The van der Waals surface area contributed by atoms with Gasteiger partial charge < -0.3 is 14.4 Å². The molecule has 156 valence electrons. The molecule has 1 fully saturated rings. The van der Waals surface area contributed by atoms with Crippen LogP contribution >= 0.6 is 0 Å². The molecule has 0 N–H and O–H groups in total. The molecule has 2 heterocycles. The molecule has 1 aromatic carbocycles. The van der Waals surface area contributed by atoms with Crippen molar-refractivity contribution in [3.8, 4) is 0 Å². The molecule has 29 heavy (non-hydrogen) atoms. The highest BCUT2D eigenvalue weighted by atomic mass is 19.4. The summed E-state index contributed by atoms with van der Waals surface area (Å²) in [5.74, 6) is -0.261. The number of rotatable bonds is 6. The summed E-state index contributed by atoms with van der Waals surface area (Å²) in [5, 5.41) is 0. The fraction of sp³-hybridized carbons (Fsp3) is 0.450. The fourth-order valence-electron chi connectivity index (χ4n) is 3.57. The number of likely N-dealkylation sites (tertiary alicyclic amines) is 1. The minimum absolute atomic E-state index is 0.0564. The third-order valence-electron chi connectivity index (χ3n) is 4.96. The number of benzene rings is 1. The lowest BCUT2D eigenvalue weighted by Gasteiger charge is -2.28. The number of hydrogen-bond acceptors (Lipinski definition) is 3. The normalized spacial score (nSPS) is 16.8. The van der Waals surface area contributed by atoms with Gasteiger partial charge in [0, 0.05) is 26.0 Å². The molecule has 1 saturated heterocycles. The first-order chi connectivity index (χ1) is 13.7. The van der Waals surface area contributed by atoms with Crippen molar-refractivity contribution in [2.24, 2.45) is 0 Å². The number of carbonyl (C=O) groups excluding carboxylic acids is 2. The summed E-state index contributed by atoms with van der Waals surface area (Å²) in [6.07, 6.45) is -0.375. The first kappa shape index (κ1) is 20.9. The van der Waals surface area contributed by atoms with E-state index in [1.807, 2.05) is 30.3 Å². The summed E-state index contributed by atoms with van der Waals surface area (Å²) in [4.78, 5) is 32.5. The highest BCUT2D eigenvalue weighted by Gasteiger charge is 2.36. The van der Waals surface area contributed by atoms with Crippen LogP contribution in [-0.2, 0) is 29.1 Å². The van der Waals surface area contributed by atoms with Crippen molar-refractivity contribution < 1.29 is 22.8 Å². The monoisotopic (exact) mass is 408 g/mol. The molecule has 1 aromatic heterocycles. The van der Waals surface area contributed by atoms with Gasteiger partial charge in [0.25, 0.3) is 0 Å². The second-order valence-corrected chi connectivity index (χ2v) is 7.19. The van der Waals surface area contributed by atoms with E-state index in [1.54, 1.807) is 4.90 Å². The Kier molecular flexibility index (Phi) is 6.24. The SMILES string of the molecule is CN(Cc1nccn1CC(F)(F)F)C(=O)C1CCCN1C(=O)Cc1ccccc1. The van der Waals surface area contributed by atoms with Crippen LogP contribution in [0.25, 0.3) is 0 Å². The van der Waals surface area contributed by atoms with Crippen LogP contribution in [0.1, 0.15) is 24.2 Å². The van der Waals surface area contributed by atoms with Gasteiger partial charge in [-0.1, -0.05) is 30.3 Å². The average molecular weight is 408 g/mol. The molecule has 9 heteroatoms. The van der Waals surface area contributed by atoms with E-state index in [1.165, 1.54) is 24.3 Å². The third-order valence-corrected chi connectivity index (χ3v) is 4.96. The molecule has 2 amide bonds. The molecule has 0 bridgehead atoms. The lowest BCUT2D eigenvalue weighted by molar-refractivity contribution is -0.144. The maximum atomic E-state index is 12.9. The molecule has 0 saturated carbocycles. The quantitative estimate of drug-likeness (QED) is 0.739. The summed E-state index contributed by atoms with van der Waals surface area (Å²) >= 11 is 0. The van der Waals surface area contributed by atoms with E-state index in [4.69, 9.17) is 0 Å². The van der Waals surface area contributed by atoms with Crippen molar-refractivity contribution in [1.29, 1.82) is 0 Å². The Morgan fingerprint density at radius 3 is 2.66 bits per heavy atom. The number of nitrogens with zero attached hydrogens (tertiary/aromatic N) is 4. The number of hydrogen-bond donors (Lipinski definition) is 0. The Labute approximate surface area is 166 Å². The summed E-state index contributed by atoms with van der Waals surface area (Å²) in [6, 6.07) is 8.70. The standard InChI is InChI=1S/C20H23F3N4O2/c1-25(13-17-24-9-11-26(17)14-20(21,22)23)19(29)16-8-5-10-27(16)18(28)12-15-6-3-2-4-7-15/h2-4,6-7,9,11,16H,5,8,10,12-14H2,1H3. The number of alkyl halides is 3. The molecule has 1 atom stereocenters. The van der Waals surface area contributed by atoms with Crippen molar-refractivity contribution >= 4 is 11.8 Å². The van der Waals surface area contributed by atoms with Crippen LogP contribution in [0.15, 0.2) is 42.7 Å². The van der Waals surface area contributed by atoms with E-state index in [-0.39, 0.29) is 30.6 Å². The van der Waals surface area contributed by atoms with Crippen LogP contribution in [0, 0.1) is 0 Å². The Hall–Kier alpha value is -2.84. The maximum absolute atomic E-state index is 12.9. The van der Waals surface area contributed by atoms with E-state index in [2.05, 4.69) is 4.98 Å². The van der Waals surface area contributed by atoms with Gasteiger partial charge in [-0.15, -0.1) is 0 Å². The number of imidazole rings is 1. The van der Waals surface area contributed by atoms with Crippen LogP contribution in [-0.4, -0.2) is 57.0 Å². The molecule has 0 aliphatic carbocycles. The lowest BCUT2D eigenvalue weighted by Crippen LogP contribution is -2.47. The molecule has 2 aromatic rings. The Morgan fingerprint density at radius 2 is 1.97 bits per heavy atom. The molecular weight excluding hydrogens is 385 g/mol. The van der Waals surface area contributed by atoms with Gasteiger partial charge in [0.1, 0.15) is 18.4 Å². The first-order valence-corrected chi connectivity index (χ1v) is 9.40. The molecule has 3 rings (SSSR count). The van der Waals surface area contributed by atoms with Crippen LogP contribution in [0.3, 0.4) is 0 Å². The van der Waals surface area contributed by atoms with E-state index >= 15 is 0 Å². The Balaban J connectivity index is 1.64. The molecule has 1 aliphatic rings. The van der Waals surface area contributed by atoms with Crippen molar-refractivity contribution in [3.05, 3.63) is 54.1 Å². The van der Waals surface area contributed by atoms with Crippen molar-refractivity contribution in [1.82, 2.24) is 19.4 Å². The second kappa shape index (κ2) is 8.67. The maximum Gasteiger partial charge on any atom is 0.406 e. The molecule has 1 aliphatic heterocycles. The van der Waals surface area contributed by atoms with Gasteiger partial charge >= 0.3 is 6.18 Å². The second-order valence-electron chi connectivity index (χ2n) is 7.19. The minimum atomic E-state index is -4.37. The van der Waals surface area contributed by atoms with Crippen molar-refractivity contribution in [2.75, 3.05) is 13.6 Å². The predicted octanol–water partition coefficient (Wildman–Crippen LogP) is 2.64. The molecular formula is C20H23F3N4O2. The number of likely N-dealkylation sites (N-methyl/N-ethyl adjacent to an activating group) is 1. The van der Waals surface area contributed by atoms with Crippen LogP contribution in [0.2, 0.25) is 0 Å². The van der Waals surface area contributed by atoms with E-state index in [0.717, 1.165) is 10.1 Å². The highest BCUT2D eigenvalue weighted by Crippen LogP contribution is 2.22. The molecule has 1 unspecified atom stereocenters. The summed E-state index contributed by atoms with van der Waals surface area (Å²) < 4.78 is 39.0. The van der Waals surface area contributed by atoms with Crippen LogP contribution in [0.4, 0.5) is 13.2 Å². The average Bonchev–Trinajstić information content (AvgIpc) is 3.30. The molecule has 6 nitrogen and oxygen atoms in total. The summed E-state index contributed by atoms with van der Waals surface area (Å²) in [7, 11) is 1.52. The van der Waals surface area contributed by atoms with Crippen molar-refractivity contribution in [2.45, 2.75) is 44.6 Å². The zero-order chi connectivity index (χ0) is 21.0. The van der Waals surface area contributed by atoms with Gasteiger partial charge in [-0.25, -0.2) is 4.98 Å². The topological polar surface area (TPSA) is 58.4 Å². The van der Waals surface area contributed by atoms with Crippen LogP contribution < -0.4 is 0 Å². The summed E-state index contributed by atoms with van der Waals surface area (Å²) in [5.41, 5.74) is 0.873. The largest absolute Gasteiger partial charge is 0.406 e. The van der Waals surface area contributed by atoms with E-state index < -0.39 is 18.8 Å². The van der Waals surface area contributed by atoms with Gasteiger partial charge in [-0.05, 0) is 18.4 Å². The predicted molar refractivity (Wildman–Crippen MR) is 99.6 cm³/mol.